The quantitative estimate of drug-likeness (QED) is 0.443. The highest BCUT2D eigenvalue weighted by Crippen LogP contribution is 2.37. The fourth-order valence-corrected chi connectivity index (χ4v) is 3.72. The molecule has 3 heteroatoms. The van der Waals surface area contributed by atoms with E-state index in [2.05, 4.69) is 108 Å². The van der Waals surface area contributed by atoms with E-state index >= 15 is 0 Å². The van der Waals surface area contributed by atoms with Crippen LogP contribution in [0.15, 0.2) is 79.9 Å². The number of hydrogen-bond donors (Lipinski definition) is 0. The lowest BCUT2D eigenvalue weighted by molar-refractivity contribution is 0.00578. The first kappa shape index (κ1) is 21.4. The fourth-order valence-electron chi connectivity index (χ4n) is 3.72. The smallest absolute Gasteiger partial charge is 0.399 e. The Morgan fingerprint density at radius 2 is 1.00 bits per heavy atom. The Morgan fingerprint density at radius 1 is 0.613 bits per heavy atom. The van der Waals surface area contributed by atoms with Crippen molar-refractivity contribution in [3.05, 3.63) is 91.0 Å². The molecule has 1 saturated heterocycles. The van der Waals surface area contributed by atoms with Gasteiger partial charge in [-0.1, -0.05) is 86.0 Å². The van der Waals surface area contributed by atoms with Gasteiger partial charge in [-0.25, -0.2) is 0 Å². The van der Waals surface area contributed by atoms with Crippen LogP contribution in [0.5, 0.6) is 0 Å². The Balaban J connectivity index is 1.82. The summed E-state index contributed by atoms with van der Waals surface area (Å²) in [6, 6.07) is 23.4. The zero-order chi connectivity index (χ0) is 22.2. The normalized spacial score (nSPS) is 16.8. The van der Waals surface area contributed by atoms with E-state index in [0.717, 1.165) is 38.8 Å². The minimum Gasteiger partial charge on any atom is -0.399 e. The molecule has 0 saturated carbocycles. The van der Waals surface area contributed by atoms with Gasteiger partial charge in [-0.15, -0.1) is 0 Å². The summed E-state index contributed by atoms with van der Waals surface area (Å²) in [5, 5.41) is 0. The van der Waals surface area contributed by atoms with E-state index in [-0.39, 0.29) is 11.2 Å². The predicted octanol–water partition coefficient (Wildman–Crippen LogP) is 6.61. The van der Waals surface area contributed by atoms with Crippen molar-refractivity contribution in [1.29, 1.82) is 0 Å². The summed E-state index contributed by atoms with van der Waals surface area (Å²) < 4.78 is 12.7. The predicted molar refractivity (Wildman–Crippen MR) is 133 cm³/mol. The highest BCUT2D eigenvalue weighted by molar-refractivity contribution is 6.62. The molecule has 0 radical (unpaired) electrons. The van der Waals surface area contributed by atoms with Crippen molar-refractivity contribution in [1.82, 2.24) is 0 Å². The van der Waals surface area contributed by atoms with Crippen LogP contribution in [-0.4, -0.2) is 18.3 Å². The van der Waals surface area contributed by atoms with Crippen molar-refractivity contribution in [2.24, 2.45) is 0 Å². The second-order valence-corrected chi connectivity index (χ2v) is 9.08. The number of rotatable bonds is 5. The largest absolute Gasteiger partial charge is 0.494 e. The lowest BCUT2D eigenvalue weighted by Crippen LogP contribution is -2.41. The molecule has 2 nitrogen and oxygen atoms in total. The Bertz CT molecular complexity index is 1020. The van der Waals surface area contributed by atoms with Crippen molar-refractivity contribution in [2.75, 3.05) is 0 Å². The molecule has 0 atom stereocenters. The van der Waals surface area contributed by atoms with Gasteiger partial charge < -0.3 is 9.31 Å². The summed E-state index contributed by atoms with van der Waals surface area (Å²) in [4.78, 5) is 0. The van der Waals surface area contributed by atoms with Crippen LogP contribution in [0.1, 0.15) is 38.8 Å². The molecule has 1 aliphatic rings. The van der Waals surface area contributed by atoms with Crippen LogP contribution in [0.2, 0.25) is 0 Å². The van der Waals surface area contributed by atoms with E-state index < -0.39 is 7.12 Å². The van der Waals surface area contributed by atoms with Crippen molar-refractivity contribution >= 4 is 24.7 Å². The second-order valence-electron chi connectivity index (χ2n) is 9.08. The average molecular weight is 408 g/mol. The number of benzene rings is 3. The standard InChI is InChI=1S/C28H29BO2/c1-7-20-9-13-22(14-10-20)24-17-25(23-15-11-21(8-2)12-16-23)19-26(18-24)29-30-27(3,4)28(5,6)31-29/h7-19H,1-2H2,3-6H3. The van der Waals surface area contributed by atoms with Crippen molar-refractivity contribution in [3.63, 3.8) is 0 Å². The molecular weight excluding hydrogens is 379 g/mol. The average Bonchev–Trinajstić information content (AvgIpc) is 3.00. The third kappa shape index (κ3) is 4.16. The first-order valence-electron chi connectivity index (χ1n) is 10.7. The van der Waals surface area contributed by atoms with Gasteiger partial charge in [0.15, 0.2) is 0 Å². The zero-order valence-corrected chi connectivity index (χ0v) is 18.8. The fraction of sp³-hybridized carbons (Fsp3) is 0.214. The Kier molecular flexibility index (Phi) is 5.51. The topological polar surface area (TPSA) is 18.5 Å². The maximum Gasteiger partial charge on any atom is 0.494 e. The summed E-state index contributed by atoms with van der Waals surface area (Å²) in [7, 11) is -0.413. The molecule has 0 aromatic heterocycles. The molecule has 3 aromatic carbocycles. The lowest BCUT2D eigenvalue weighted by Gasteiger charge is -2.32. The third-order valence-corrected chi connectivity index (χ3v) is 6.44. The van der Waals surface area contributed by atoms with Gasteiger partial charge in [0.2, 0.25) is 0 Å². The molecule has 0 aliphatic carbocycles. The lowest BCUT2D eigenvalue weighted by atomic mass is 9.76. The first-order chi connectivity index (χ1) is 14.7. The van der Waals surface area contributed by atoms with E-state index in [0.29, 0.717) is 0 Å². The monoisotopic (exact) mass is 408 g/mol. The molecule has 0 bridgehead atoms. The van der Waals surface area contributed by atoms with Gasteiger partial charge in [-0.05, 0) is 72.6 Å². The maximum absolute atomic E-state index is 6.36. The second kappa shape index (κ2) is 7.99. The van der Waals surface area contributed by atoms with Gasteiger partial charge in [0.25, 0.3) is 0 Å². The molecule has 1 aliphatic heterocycles. The minimum absolute atomic E-state index is 0.384. The Labute approximate surface area is 186 Å². The van der Waals surface area contributed by atoms with Crippen LogP contribution in [0.25, 0.3) is 34.4 Å². The van der Waals surface area contributed by atoms with E-state index in [4.69, 9.17) is 9.31 Å². The summed E-state index contributed by atoms with van der Waals surface area (Å²) >= 11 is 0. The van der Waals surface area contributed by atoms with Crippen molar-refractivity contribution in [3.8, 4) is 22.3 Å². The molecule has 0 N–H and O–H groups in total. The molecule has 3 aromatic rings. The summed E-state index contributed by atoms with van der Waals surface area (Å²) in [5.41, 5.74) is 7.01. The molecule has 31 heavy (non-hydrogen) atoms. The summed E-state index contributed by atoms with van der Waals surface area (Å²) in [6.45, 7) is 16.0. The maximum atomic E-state index is 6.36. The Hall–Kier alpha value is -2.88. The molecule has 1 heterocycles. The molecule has 0 spiro atoms. The van der Waals surface area contributed by atoms with Gasteiger partial charge in [-0.3, -0.25) is 0 Å². The van der Waals surface area contributed by atoms with Gasteiger partial charge in [0.1, 0.15) is 0 Å². The molecular formula is C28H29BO2. The molecule has 1 fully saturated rings. The summed E-state index contributed by atoms with van der Waals surface area (Å²) in [5.74, 6) is 0. The number of hydrogen-bond acceptors (Lipinski definition) is 2. The van der Waals surface area contributed by atoms with E-state index in [1.165, 1.54) is 0 Å². The van der Waals surface area contributed by atoms with Crippen LogP contribution < -0.4 is 5.46 Å². The van der Waals surface area contributed by atoms with E-state index in [1.807, 2.05) is 12.2 Å². The SMILES string of the molecule is C=Cc1ccc(-c2cc(B3OC(C)(C)C(C)(C)O3)cc(-c3ccc(C=C)cc3)c2)cc1. The van der Waals surface area contributed by atoms with Gasteiger partial charge in [0, 0.05) is 0 Å². The van der Waals surface area contributed by atoms with Crippen LogP contribution in [0.3, 0.4) is 0 Å². The highest BCUT2D eigenvalue weighted by atomic mass is 16.7. The van der Waals surface area contributed by atoms with E-state index in [1.54, 1.807) is 0 Å². The first-order valence-corrected chi connectivity index (χ1v) is 10.7. The van der Waals surface area contributed by atoms with Gasteiger partial charge in [-0.2, -0.15) is 0 Å². The zero-order valence-electron chi connectivity index (χ0n) is 18.8. The van der Waals surface area contributed by atoms with E-state index in [9.17, 15) is 0 Å². The molecule has 4 rings (SSSR count). The minimum atomic E-state index is -0.413. The van der Waals surface area contributed by atoms with Crippen molar-refractivity contribution in [2.45, 2.75) is 38.9 Å². The molecule has 0 unspecified atom stereocenters. The molecule has 156 valence electrons. The highest BCUT2D eigenvalue weighted by Gasteiger charge is 2.51. The third-order valence-electron chi connectivity index (χ3n) is 6.44. The van der Waals surface area contributed by atoms with Gasteiger partial charge >= 0.3 is 7.12 Å². The molecule has 0 amide bonds. The van der Waals surface area contributed by atoms with Crippen molar-refractivity contribution < 1.29 is 9.31 Å². The van der Waals surface area contributed by atoms with Crippen LogP contribution in [-0.2, 0) is 9.31 Å². The van der Waals surface area contributed by atoms with Gasteiger partial charge in [0.05, 0.1) is 11.2 Å². The van der Waals surface area contributed by atoms with Crippen LogP contribution >= 0.6 is 0 Å². The van der Waals surface area contributed by atoms with Crippen LogP contribution in [0, 0.1) is 0 Å². The Morgan fingerprint density at radius 3 is 1.35 bits per heavy atom. The summed E-state index contributed by atoms with van der Waals surface area (Å²) in [6.07, 6.45) is 3.72. The van der Waals surface area contributed by atoms with Crippen LogP contribution in [0.4, 0.5) is 0 Å².